The number of anilines is 1. The molecule has 176 valence electrons. The highest BCUT2D eigenvalue weighted by molar-refractivity contribution is 7.91. The van der Waals surface area contributed by atoms with Crippen LogP contribution < -0.4 is 5.32 Å². The number of hydrazone groups is 1. The summed E-state index contributed by atoms with van der Waals surface area (Å²) in [5.74, 6) is -0.954. The summed E-state index contributed by atoms with van der Waals surface area (Å²) >= 11 is 0. The van der Waals surface area contributed by atoms with Crippen LogP contribution in [-0.2, 0) is 19.4 Å². The van der Waals surface area contributed by atoms with Gasteiger partial charge in [0.15, 0.2) is 9.84 Å². The van der Waals surface area contributed by atoms with Crippen LogP contribution in [-0.4, -0.2) is 57.9 Å². The second-order valence-electron chi connectivity index (χ2n) is 8.54. The fraction of sp³-hybridized carbons (Fsp3) is 0.304. The fourth-order valence-corrected chi connectivity index (χ4v) is 5.93. The van der Waals surface area contributed by atoms with Crippen LogP contribution in [0.4, 0.5) is 10.2 Å². The number of aryl methyl sites for hydroxylation is 1. The number of sulfone groups is 1. The van der Waals surface area contributed by atoms with Gasteiger partial charge in [-0.1, -0.05) is 0 Å². The molecule has 0 saturated carbocycles. The van der Waals surface area contributed by atoms with Crippen molar-refractivity contribution in [2.45, 2.75) is 32.2 Å². The molecule has 2 aromatic heterocycles. The van der Waals surface area contributed by atoms with E-state index in [1.54, 1.807) is 22.7 Å². The molecule has 1 atom stereocenters. The van der Waals surface area contributed by atoms with Crippen molar-refractivity contribution in [3.8, 4) is 11.3 Å². The van der Waals surface area contributed by atoms with Crippen molar-refractivity contribution in [2.24, 2.45) is 5.10 Å². The molecule has 0 spiro atoms. The molecule has 2 aliphatic rings. The van der Waals surface area contributed by atoms with E-state index < -0.39 is 21.8 Å². The van der Waals surface area contributed by atoms with Gasteiger partial charge in [0.05, 0.1) is 17.5 Å². The Kier molecular flexibility index (Phi) is 5.43. The summed E-state index contributed by atoms with van der Waals surface area (Å²) in [6.45, 7) is 1.93. The Hall–Kier alpha value is -3.60. The molecule has 4 heterocycles. The smallest absolute Gasteiger partial charge is 0.273 e. The van der Waals surface area contributed by atoms with Gasteiger partial charge in [-0.15, -0.1) is 0 Å². The van der Waals surface area contributed by atoms with E-state index in [4.69, 9.17) is 0 Å². The normalized spacial score (nSPS) is 19.9. The number of rotatable bonds is 4. The second-order valence-corrected chi connectivity index (χ2v) is 10.8. The van der Waals surface area contributed by atoms with Gasteiger partial charge < -0.3 is 5.32 Å². The molecule has 9 nitrogen and oxygen atoms in total. The van der Waals surface area contributed by atoms with Crippen LogP contribution in [0.15, 0.2) is 47.7 Å². The molecular formula is C23H22FN5O4S. The number of amides is 2. The summed E-state index contributed by atoms with van der Waals surface area (Å²) < 4.78 is 38.9. The van der Waals surface area contributed by atoms with Crippen LogP contribution in [0.5, 0.6) is 0 Å². The number of aromatic nitrogens is 2. The minimum absolute atomic E-state index is 0.000751. The average Bonchev–Trinajstić information content (AvgIpc) is 3.33. The summed E-state index contributed by atoms with van der Waals surface area (Å²) in [7, 11) is -3.22. The van der Waals surface area contributed by atoms with Crippen molar-refractivity contribution in [3.05, 3.63) is 54.0 Å². The quantitative estimate of drug-likeness (QED) is 0.613. The van der Waals surface area contributed by atoms with Crippen molar-refractivity contribution in [1.29, 1.82) is 0 Å². The number of nitrogens with zero attached hydrogens (tertiary/aromatic N) is 4. The molecule has 1 N–H and O–H groups in total. The van der Waals surface area contributed by atoms with Gasteiger partial charge in [-0.2, -0.15) is 5.10 Å². The Morgan fingerprint density at radius 1 is 1.18 bits per heavy atom. The highest BCUT2D eigenvalue weighted by Gasteiger charge is 2.37. The maximum Gasteiger partial charge on any atom is 0.273 e. The molecule has 34 heavy (non-hydrogen) atoms. The monoisotopic (exact) mass is 483 g/mol. The number of hydrogen-bond donors (Lipinski definition) is 1. The molecular weight excluding hydrogens is 461 g/mol. The van der Waals surface area contributed by atoms with Crippen LogP contribution >= 0.6 is 0 Å². The van der Waals surface area contributed by atoms with Gasteiger partial charge in [-0.05, 0) is 55.3 Å². The van der Waals surface area contributed by atoms with E-state index in [-0.39, 0.29) is 41.8 Å². The third kappa shape index (κ3) is 4.18. The number of fused-ring (bicyclic) bond motifs is 1. The Morgan fingerprint density at radius 3 is 2.65 bits per heavy atom. The van der Waals surface area contributed by atoms with Crippen molar-refractivity contribution >= 4 is 38.8 Å². The van der Waals surface area contributed by atoms with E-state index in [1.807, 2.05) is 19.1 Å². The molecule has 1 saturated heterocycles. The second kappa shape index (κ2) is 8.32. The van der Waals surface area contributed by atoms with Gasteiger partial charge >= 0.3 is 0 Å². The molecule has 2 amide bonds. The van der Waals surface area contributed by atoms with Crippen LogP contribution in [0.25, 0.3) is 16.9 Å². The summed E-state index contributed by atoms with van der Waals surface area (Å²) in [5.41, 5.74) is 2.81. The fourth-order valence-electron chi connectivity index (χ4n) is 4.24. The molecule has 2 aliphatic heterocycles. The number of carbonyl (C=O) groups excluding carboxylic acids is 2. The lowest BCUT2D eigenvalue weighted by molar-refractivity contribution is -0.133. The lowest BCUT2D eigenvalue weighted by atomic mass is 10.1. The van der Waals surface area contributed by atoms with E-state index in [2.05, 4.69) is 15.4 Å². The molecule has 0 unspecified atom stereocenters. The number of imidazole rings is 1. The van der Waals surface area contributed by atoms with E-state index >= 15 is 0 Å². The van der Waals surface area contributed by atoms with Gasteiger partial charge in [0.1, 0.15) is 28.7 Å². The molecule has 0 radical (unpaired) electrons. The zero-order valence-electron chi connectivity index (χ0n) is 18.4. The predicted molar refractivity (Wildman–Crippen MR) is 125 cm³/mol. The highest BCUT2D eigenvalue weighted by atomic mass is 32.2. The van der Waals surface area contributed by atoms with E-state index in [0.29, 0.717) is 29.1 Å². The van der Waals surface area contributed by atoms with Gasteiger partial charge in [0.25, 0.3) is 5.91 Å². The first-order chi connectivity index (χ1) is 16.2. The number of nitrogens with one attached hydrogen (secondary N) is 1. The van der Waals surface area contributed by atoms with Crippen LogP contribution in [0, 0.1) is 12.7 Å². The molecule has 0 aliphatic carbocycles. The molecule has 1 fully saturated rings. The third-order valence-electron chi connectivity index (χ3n) is 6.01. The SMILES string of the molecule is Cc1ccn2c(NC(=O)C3=NN([C@H]4CCS(=O)(=O)C4)C(=O)CC3)c(-c3ccc(F)cc3)nc2c1. The standard InChI is InChI=1S/C23H22FN5O4S/c1-14-8-10-28-19(12-14)25-21(15-2-4-16(24)5-3-15)22(28)26-23(31)18-6-7-20(30)29(27-18)17-9-11-34(32,33)13-17/h2-5,8,10,12,17H,6-7,9,11,13H2,1H3,(H,26,31)/t17-/m0/s1. The van der Waals surface area contributed by atoms with E-state index in [1.165, 1.54) is 12.1 Å². The first-order valence-electron chi connectivity index (χ1n) is 10.9. The molecule has 11 heteroatoms. The van der Waals surface area contributed by atoms with Crippen LogP contribution in [0.3, 0.4) is 0 Å². The Labute approximate surface area is 195 Å². The number of benzene rings is 1. The van der Waals surface area contributed by atoms with Crippen LogP contribution in [0.2, 0.25) is 0 Å². The first kappa shape index (κ1) is 22.2. The van der Waals surface area contributed by atoms with Crippen molar-refractivity contribution in [1.82, 2.24) is 14.4 Å². The maximum atomic E-state index is 13.5. The Morgan fingerprint density at radius 2 is 1.94 bits per heavy atom. The molecule has 1 aromatic carbocycles. The predicted octanol–water partition coefficient (Wildman–Crippen LogP) is 2.55. The number of carbonyl (C=O) groups is 2. The van der Waals surface area contributed by atoms with Crippen molar-refractivity contribution in [2.75, 3.05) is 16.8 Å². The van der Waals surface area contributed by atoms with Gasteiger partial charge in [0, 0.05) is 24.6 Å². The Balaban J connectivity index is 1.49. The van der Waals surface area contributed by atoms with E-state index in [0.717, 1.165) is 10.6 Å². The van der Waals surface area contributed by atoms with Gasteiger partial charge in [0.2, 0.25) is 5.91 Å². The average molecular weight is 484 g/mol. The Bertz CT molecular complexity index is 1450. The largest absolute Gasteiger partial charge is 0.305 e. The highest BCUT2D eigenvalue weighted by Crippen LogP contribution is 2.30. The minimum atomic E-state index is -3.22. The minimum Gasteiger partial charge on any atom is -0.305 e. The van der Waals surface area contributed by atoms with Crippen LogP contribution in [0.1, 0.15) is 24.8 Å². The molecule has 5 rings (SSSR count). The summed E-state index contributed by atoms with van der Waals surface area (Å²) in [5, 5.41) is 8.26. The number of pyridine rings is 1. The van der Waals surface area contributed by atoms with Crippen molar-refractivity contribution in [3.63, 3.8) is 0 Å². The van der Waals surface area contributed by atoms with E-state index in [9.17, 15) is 22.4 Å². The summed E-state index contributed by atoms with van der Waals surface area (Å²) in [6, 6.07) is 8.98. The number of hydrogen-bond acceptors (Lipinski definition) is 6. The van der Waals surface area contributed by atoms with Gasteiger partial charge in [-0.3, -0.25) is 14.0 Å². The first-order valence-corrected chi connectivity index (χ1v) is 12.7. The molecule has 3 aromatic rings. The lowest BCUT2D eigenvalue weighted by Crippen LogP contribution is -2.42. The topological polar surface area (TPSA) is 113 Å². The van der Waals surface area contributed by atoms with Gasteiger partial charge in [-0.25, -0.2) is 22.8 Å². The lowest BCUT2D eigenvalue weighted by Gasteiger charge is -2.27. The van der Waals surface area contributed by atoms with Crippen molar-refractivity contribution < 1.29 is 22.4 Å². The maximum absolute atomic E-state index is 13.5. The zero-order chi connectivity index (χ0) is 24.0. The summed E-state index contributed by atoms with van der Waals surface area (Å²) in [4.78, 5) is 30.2. The number of halogens is 1. The zero-order valence-corrected chi connectivity index (χ0v) is 19.2. The molecule has 0 bridgehead atoms. The summed E-state index contributed by atoms with van der Waals surface area (Å²) in [6.07, 6.45) is 2.29. The third-order valence-corrected chi connectivity index (χ3v) is 7.76.